The number of hydrogen-bond acceptors (Lipinski definition) is 1. The molecular formula is C9H7F2NO. The van der Waals surface area contributed by atoms with Crippen molar-refractivity contribution in [3.63, 3.8) is 0 Å². The van der Waals surface area contributed by atoms with Gasteiger partial charge in [0.2, 0.25) is 0 Å². The van der Waals surface area contributed by atoms with Crippen molar-refractivity contribution in [1.29, 1.82) is 0 Å². The Morgan fingerprint density at radius 1 is 1.31 bits per heavy atom. The summed E-state index contributed by atoms with van der Waals surface area (Å²) < 4.78 is 25.6. The van der Waals surface area contributed by atoms with E-state index >= 15 is 0 Å². The monoisotopic (exact) mass is 183 g/mol. The van der Waals surface area contributed by atoms with E-state index in [1.807, 2.05) is 0 Å². The Balaban J connectivity index is 3.00. The number of rotatable bonds is 2. The van der Waals surface area contributed by atoms with Crippen LogP contribution < -0.4 is 0 Å². The standard InChI is InChI=1S/C9H7F2NO/c1-12-8-4-2-7(3-5-8)9(10,11)6-13/h2-5,13H,6H2. The molecular weight excluding hydrogens is 176 g/mol. The molecule has 0 spiro atoms. The Labute approximate surface area is 74.3 Å². The zero-order valence-corrected chi connectivity index (χ0v) is 6.67. The highest BCUT2D eigenvalue weighted by molar-refractivity contribution is 5.46. The Kier molecular flexibility index (Phi) is 2.59. The molecule has 1 N–H and O–H groups in total. The third-order valence-corrected chi connectivity index (χ3v) is 1.62. The van der Waals surface area contributed by atoms with Crippen LogP contribution in [0.4, 0.5) is 14.5 Å². The number of hydrogen-bond donors (Lipinski definition) is 1. The molecule has 0 atom stereocenters. The Morgan fingerprint density at radius 3 is 2.23 bits per heavy atom. The molecule has 0 aromatic heterocycles. The summed E-state index contributed by atoms with van der Waals surface area (Å²) in [6, 6.07) is 4.88. The van der Waals surface area contributed by atoms with Gasteiger partial charge < -0.3 is 5.11 Å². The quantitative estimate of drug-likeness (QED) is 0.699. The molecule has 1 aromatic carbocycles. The lowest BCUT2D eigenvalue weighted by Gasteiger charge is -2.12. The van der Waals surface area contributed by atoms with E-state index < -0.39 is 12.5 Å². The lowest BCUT2D eigenvalue weighted by molar-refractivity contribution is -0.0556. The third kappa shape index (κ3) is 2.01. The van der Waals surface area contributed by atoms with Gasteiger partial charge in [-0.2, -0.15) is 8.78 Å². The fraction of sp³-hybridized carbons (Fsp3) is 0.222. The normalized spacial score (nSPS) is 10.9. The summed E-state index contributed by atoms with van der Waals surface area (Å²) in [5.41, 5.74) is 0.0277. The zero-order valence-electron chi connectivity index (χ0n) is 6.67. The number of benzene rings is 1. The third-order valence-electron chi connectivity index (χ3n) is 1.62. The molecule has 1 rings (SSSR count). The van der Waals surface area contributed by atoms with E-state index in [0.717, 1.165) is 12.1 Å². The van der Waals surface area contributed by atoms with Crippen molar-refractivity contribution in [3.8, 4) is 0 Å². The molecule has 0 radical (unpaired) electrons. The largest absolute Gasteiger partial charge is 0.390 e. The maximum atomic E-state index is 12.8. The summed E-state index contributed by atoms with van der Waals surface area (Å²) in [6.45, 7) is 5.39. The van der Waals surface area contributed by atoms with Gasteiger partial charge in [0.25, 0.3) is 5.92 Å². The van der Waals surface area contributed by atoms with E-state index in [2.05, 4.69) is 4.85 Å². The predicted molar refractivity (Wildman–Crippen MR) is 43.7 cm³/mol. The first kappa shape index (κ1) is 9.62. The van der Waals surface area contributed by atoms with E-state index in [0.29, 0.717) is 5.69 Å². The van der Waals surface area contributed by atoms with Gasteiger partial charge >= 0.3 is 0 Å². The molecule has 4 heteroatoms. The first-order chi connectivity index (χ1) is 6.10. The van der Waals surface area contributed by atoms with Gasteiger partial charge in [-0.3, -0.25) is 0 Å². The van der Waals surface area contributed by atoms with Crippen molar-refractivity contribution >= 4 is 5.69 Å². The molecule has 0 bridgehead atoms. The second-order valence-corrected chi connectivity index (χ2v) is 2.52. The summed E-state index contributed by atoms with van der Waals surface area (Å²) in [5, 5.41) is 8.36. The van der Waals surface area contributed by atoms with Crippen molar-refractivity contribution < 1.29 is 13.9 Å². The average Bonchev–Trinajstić information content (AvgIpc) is 2.18. The second-order valence-electron chi connectivity index (χ2n) is 2.52. The fourth-order valence-corrected chi connectivity index (χ4v) is 0.871. The second kappa shape index (κ2) is 3.50. The van der Waals surface area contributed by atoms with Crippen LogP contribution >= 0.6 is 0 Å². The predicted octanol–water partition coefficient (Wildman–Crippen LogP) is 2.32. The summed E-state index contributed by atoms with van der Waals surface area (Å²) in [6.07, 6.45) is 0. The molecule has 0 unspecified atom stereocenters. The van der Waals surface area contributed by atoms with Crippen LogP contribution in [0.3, 0.4) is 0 Å². The van der Waals surface area contributed by atoms with Gasteiger partial charge in [0.05, 0.1) is 6.57 Å². The topological polar surface area (TPSA) is 24.6 Å². The summed E-state index contributed by atoms with van der Waals surface area (Å²) in [5.74, 6) is -3.22. The highest BCUT2D eigenvalue weighted by atomic mass is 19.3. The van der Waals surface area contributed by atoms with Crippen LogP contribution in [0, 0.1) is 6.57 Å². The van der Waals surface area contributed by atoms with Crippen molar-refractivity contribution in [3.05, 3.63) is 41.2 Å². The number of aliphatic hydroxyl groups excluding tert-OH is 1. The van der Waals surface area contributed by atoms with Gasteiger partial charge in [-0.05, 0) is 0 Å². The van der Waals surface area contributed by atoms with Gasteiger partial charge in [-0.15, -0.1) is 0 Å². The Hall–Kier alpha value is -1.47. The summed E-state index contributed by atoms with van der Waals surface area (Å²) >= 11 is 0. The maximum Gasteiger partial charge on any atom is 0.295 e. The molecule has 0 amide bonds. The van der Waals surface area contributed by atoms with Gasteiger partial charge in [0.15, 0.2) is 5.69 Å². The van der Waals surface area contributed by atoms with Gasteiger partial charge in [-0.25, -0.2) is 4.85 Å². The average molecular weight is 183 g/mol. The SMILES string of the molecule is [C-]#[N+]c1ccc(C(F)(F)CO)cc1. The highest BCUT2D eigenvalue weighted by Gasteiger charge is 2.29. The van der Waals surface area contributed by atoms with Crippen molar-refractivity contribution in [1.82, 2.24) is 0 Å². The summed E-state index contributed by atoms with van der Waals surface area (Å²) in [4.78, 5) is 3.06. The van der Waals surface area contributed by atoms with Crippen molar-refractivity contribution in [2.75, 3.05) is 6.61 Å². The van der Waals surface area contributed by atoms with Gasteiger partial charge in [0.1, 0.15) is 6.61 Å². The van der Waals surface area contributed by atoms with E-state index in [1.54, 1.807) is 0 Å². The minimum Gasteiger partial charge on any atom is -0.390 e. The maximum absolute atomic E-state index is 12.8. The molecule has 68 valence electrons. The summed E-state index contributed by atoms with van der Waals surface area (Å²) in [7, 11) is 0. The first-order valence-corrected chi connectivity index (χ1v) is 3.57. The number of alkyl halides is 2. The van der Waals surface area contributed by atoms with E-state index in [9.17, 15) is 8.78 Å². The van der Waals surface area contributed by atoms with E-state index in [1.165, 1.54) is 12.1 Å². The van der Waals surface area contributed by atoms with Crippen LogP contribution in [0.5, 0.6) is 0 Å². The molecule has 0 fully saturated rings. The Bertz CT molecular complexity index is 326. The van der Waals surface area contributed by atoms with Crippen LogP contribution in [0.1, 0.15) is 5.56 Å². The van der Waals surface area contributed by atoms with Crippen LogP contribution in [0.25, 0.3) is 4.85 Å². The molecule has 13 heavy (non-hydrogen) atoms. The van der Waals surface area contributed by atoms with Crippen LogP contribution in [-0.4, -0.2) is 11.7 Å². The lowest BCUT2D eigenvalue weighted by atomic mass is 10.1. The molecule has 0 saturated carbocycles. The molecule has 0 aliphatic rings. The Morgan fingerprint density at radius 2 is 1.85 bits per heavy atom. The van der Waals surface area contributed by atoms with E-state index in [4.69, 9.17) is 11.7 Å². The van der Waals surface area contributed by atoms with E-state index in [-0.39, 0.29) is 5.56 Å². The first-order valence-electron chi connectivity index (χ1n) is 3.57. The van der Waals surface area contributed by atoms with Crippen molar-refractivity contribution in [2.45, 2.75) is 5.92 Å². The number of nitrogens with zero attached hydrogens (tertiary/aromatic N) is 1. The van der Waals surface area contributed by atoms with Crippen LogP contribution in [0.15, 0.2) is 24.3 Å². The number of aliphatic hydroxyl groups is 1. The molecule has 0 aliphatic carbocycles. The van der Waals surface area contributed by atoms with Gasteiger partial charge in [0, 0.05) is 5.56 Å². The van der Waals surface area contributed by atoms with Crippen LogP contribution in [-0.2, 0) is 5.92 Å². The molecule has 0 aliphatic heterocycles. The molecule has 2 nitrogen and oxygen atoms in total. The van der Waals surface area contributed by atoms with Crippen molar-refractivity contribution in [2.24, 2.45) is 0 Å². The van der Waals surface area contributed by atoms with Gasteiger partial charge in [-0.1, -0.05) is 24.3 Å². The fourth-order valence-electron chi connectivity index (χ4n) is 0.871. The minimum absolute atomic E-state index is 0.276. The number of halogens is 2. The zero-order chi connectivity index (χ0) is 9.90. The molecule has 1 aromatic rings. The molecule has 0 heterocycles. The van der Waals surface area contributed by atoms with Crippen LogP contribution in [0.2, 0.25) is 0 Å². The minimum atomic E-state index is -3.22. The smallest absolute Gasteiger partial charge is 0.295 e. The lowest BCUT2D eigenvalue weighted by Crippen LogP contribution is -2.17. The molecule has 0 saturated heterocycles. The highest BCUT2D eigenvalue weighted by Crippen LogP contribution is 2.28.